The maximum Gasteiger partial charge on any atom is 0.221 e. The number of amides is 1. The van der Waals surface area contributed by atoms with Gasteiger partial charge in [0.15, 0.2) is 11.6 Å². The summed E-state index contributed by atoms with van der Waals surface area (Å²) in [5.41, 5.74) is 8.77. The Labute approximate surface area is 138 Å². The number of ether oxygens (including phenoxy) is 1. The number of pyridine rings is 1. The van der Waals surface area contributed by atoms with Crippen LogP contribution < -0.4 is 10.5 Å². The van der Waals surface area contributed by atoms with Gasteiger partial charge in [-0.1, -0.05) is 0 Å². The van der Waals surface area contributed by atoms with Crippen LogP contribution in [0.4, 0.5) is 4.39 Å². The highest BCUT2D eigenvalue weighted by atomic mass is 19.1. The van der Waals surface area contributed by atoms with Crippen molar-refractivity contribution in [2.24, 2.45) is 5.73 Å². The Hall–Kier alpha value is -2.89. The second-order valence-corrected chi connectivity index (χ2v) is 5.66. The molecular weight excluding hydrogens is 311 g/mol. The molecule has 6 heteroatoms. The number of carbonyl (C=O) groups excluding carboxylic acids is 1. The van der Waals surface area contributed by atoms with Gasteiger partial charge in [0.2, 0.25) is 5.91 Å². The maximum absolute atomic E-state index is 13.7. The molecule has 3 rings (SSSR count). The molecule has 0 aliphatic heterocycles. The third kappa shape index (κ3) is 3.08. The van der Waals surface area contributed by atoms with E-state index in [9.17, 15) is 14.3 Å². The molecule has 0 saturated heterocycles. The number of aryl methyl sites for hydroxylation is 1. The summed E-state index contributed by atoms with van der Waals surface area (Å²) >= 11 is 0. The molecule has 5 nitrogen and oxygen atoms in total. The molecule has 1 aromatic heterocycles. The fourth-order valence-electron chi connectivity index (χ4n) is 2.81. The first-order valence-electron chi connectivity index (χ1n) is 7.52. The third-order valence-electron chi connectivity index (χ3n) is 3.94. The first-order valence-corrected chi connectivity index (χ1v) is 7.52. The number of aliphatic hydroxyl groups excluding tert-OH is 1. The van der Waals surface area contributed by atoms with Gasteiger partial charge in [-0.25, -0.2) is 4.39 Å². The van der Waals surface area contributed by atoms with E-state index >= 15 is 0 Å². The Kier molecular flexibility index (Phi) is 4.20. The molecule has 1 heterocycles. The van der Waals surface area contributed by atoms with Gasteiger partial charge in [0.05, 0.1) is 25.0 Å². The normalized spacial score (nSPS) is 13.2. The number of hydrogen-bond donors (Lipinski definition) is 2. The van der Waals surface area contributed by atoms with Gasteiger partial charge in [0.25, 0.3) is 0 Å². The van der Waals surface area contributed by atoms with Crippen molar-refractivity contribution in [3.63, 3.8) is 0 Å². The van der Waals surface area contributed by atoms with Gasteiger partial charge in [-0.2, -0.15) is 0 Å². The minimum absolute atomic E-state index is 0.00388. The lowest BCUT2D eigenvalue weighted by Gasteiger charge is -2.17. The summed E-state index contributed by atoms with van der Waals surface area (Å²) in [6.07, 6.45) is 2.76. The summed E-state index contributed by atoms with van der Waals surface area (Å²) < 4.78 is 18.7. The molecule has 0 bridgehead atoms. The van der Waals surface area contributed by atoms with Crippen LogP contribution >= 0.6 is 0 Å². The molecule has 1 amide bonds. The number of rotatable bonds is 4. The van der Waals surface area contributed by atoms with Crippen LogP contribution in [-0.4, -0.2) is 23.1 Å². The van der Waals surface area contributed by atoms with Gasteiger partial charge in [0.1, 0.15) is 0 Å². The SMILES string of the molecule is COc1cc(-c2nc3c(cc2CC(N)=O)C=C(O)CC3)ccc1F. The van der Waals surface area contributed by atoms with Gasteiger partial charge >= 0.3 is 0 Å². The lowest BCUT2D eigenvalue weighted by Crippen LogP contribution is -2.16. The van der Waals surface area contributed by atoms with E-state index in [-0.39, 0.29) is 17.9 Å². The summed E-state index contributed by atoms with van der Waals surface area (Å²) in [6, 6.07) is 6.24. The molecule has 0 unspecified atom stereocenters. The molecule has 0 spiro atoms. The molecule has 1 aromatic carbocycles. The molecule has 0 fully saturated rings. The van der Waals surface area contributed by atoms with E-state index in [2.05, 4.69) is 4.98 Å². The average molecular weight is 328 g/mol. The fraction of sp³-hybridized carbons (Fsp3) is 0.222. The van der Waals surface area contributed by atoms with E-state index < -0.39 is 11.7 Å². The minimum Gasteiger partial charge on any atom is -0.512 e. The number of allylic oxidation sites excluding steroid dienone is 1. The number of hydrogen-bond acceptors (Lipinski definition) is 4. The van der Waals surface area contributed by atoms with Crippen molar-refractivity contribution >= 4 is 12.0 Å². The summed E-state index contributed by atoms with van der Waals surface area (Å²) in [6.45, 7) is 0. The largest absolute Gasteiger partial charge is 0.512 e. The molecule has 0 saturated carbocycles. The van der Waals surface area contributed by atoms with E-state index in [0.717, 1.165) is 11.3 Å². The van der Waals surface area contributed by atoms with Crippen LogP contribution in [0.15, 0.2) is 30.0 Å². The molecule has 0 radical (unpaired) electrons. The lowest BCUT2D eigenvalue weighted by molar-refractivity contribution is -0.117. The van der Waals surface area contributed by atoms with E-state index in [1.807, 2.05) is 0 Å². The standard InChI is InChI=1S/C18H17FN2O3/c1-24-16-8-10(2-4-14(16)19)18-12(9-17(20)23)6-11-7-13(22)3-5-15(11)21-18/h2,4,6-8,22H,3,5,9H2,1H3,(H2,20,23). The number of aromatic nitrogens is 1. The van der Waals surface area contributed by atoms with Crippen LogP contribution in [0, 0.1) is 5.82 Å². The second-order valence-electron chi connectivity index (χ2n) is 5.66. The van der Waals surface area contributed by atoms with Crippen molar-refractivity contribution in [2.75, 3.05) is 7.11 Å². The highest BCUT2D eigenvalue weighted by Gasteiger charge is 2.18. The summed E-state index contributed by atoms with van der Waals surface area (Å²) in [4.78, 5) is 16.0. The van der Waals surface area contributed by atoms with Crippen molar-refractivity contribution in [1.29, 1.82) is 0 Å². The number of primary amides is 1. The molecular formula is C18H17FN2O3. The number of fused-ring (bicyclic) bond motifs is 1. The molecule has 0 atom stereocenters. The zero-order chi connectivity index (χ0) is 17.3. The van der Waals surface area contributed by atoms with Crippen molar-refractivity contribution in [3.05, 3.63) is 52.7 Å². The molecule has 2 aromatic rings. The lowest BCUT2D eigenvalue weighted by atomic mass is 9.95. The first-order chi connectivity index (χ1) is 11.5. The fourth-order valence-corrected chi connectivity index (χ4v) is 2.81. The van der Waals surface area contributed by atoms with Gasteiger partial charge < -0.3 is 15.6 Å². The average Bonchev–Trinajstić information content (AvgIpc) is 2.54. The molecule has 1 aliphatic rings. The molecule has 1 aliphatic carbocycles. The highest BCUT2D eigenvalue weighted by molar-refractivity contribution is 5.80. The predicted molar refractivity (Wildman–Crippen MR) is 88.0 cm³/mol. The van der Waals surface area contributed by atoms with Gasteiger partial charge in [0, 0.05) is 17.7 Å². The van der Waals surface area contributed by atoms with E-state index in [4.69, 9.17) is 10.5 Å². The van der Waals surface area contributed by atoms with Crippen LogP contribution in [-0.2, 0) is 17.6 Å². The zero-order valence-corrected chi connectivity index (χ0v) is 13.2. The number of benzene rings is 1. The number of halogens is 1. The Morgan fingerprint density at radius 2 is 2.17 bits per heavy atom. The highest BCUT2D eigenvalue weighted by Crippen LogP contribution is 2.31. The van der Waals surface area contributed by atoms with E-state index in [1.165, 1.54) is 13.2 Å². The van der Waals surface area contributed by atoms with Crippen LogP contribution in [0.25, 0.3) is 17.3 Å². The van der Waals surface area contributed by atoms with Gasteiger partial charge in [-0.3, -0.25) is 9.78 Å². The second kappa shape index (κ2) is 6.31. The van der Waals surface area contributed by atoms with Crippen LogP contribution in [0.2, 0.25) is 0 Å². The van der Waals surface area contributed by atoms with Crippen LogP contribution in [0.1, 0.15) is 23.2 Å². The monoisotopic (exact) mass is 328 g/mol. The number of methoxy groups -OCH3 is 1. The first kappa shape index (κ1) is 16.0. The maximum atomic E-state index is 13.7. The smallest absolute Gasteiger partial charge is 0.221 e. The molecule has 3 N–H and O–H groups in total. The third-order valence-corrected chi connectivity index (χ3v) is 3.94. The van der Waals surface area contributed by atoms with E-state index in [1.54, 1.807) is 24.3 Å². The number of carbonyl (C=O) groups is 1. The summed E-state index contributed by atoms with van der Waals surface area (Å²) in [7, 11) is 1.39. The van der Waals surface area contributed by atoms with Crippen LogP contribution in [0.5, 0.6) is 5.75 Å². The predicted octanol–water partition coefficient (Wildman–Crippen LogP) is 2.77. The Morgan fingerprint density at radius 1 is 1.38 bits per heavy atom. The Bertz CT molecular complexity index is 846. The Morgan fingerprint density at radius 3 is 2.88 bits per heavy atom. The van der Waals surface area contributed by atoms with Crippen LogP contribution in [0.3, 0.4) is 0 Å². The summed E-state index contributed by atoms with van der Waals surface area (Å²) in [5.74, 6) is -0.570. The van der Waals surface area contributed by atoms with E-state index in [0.29, 0.717) is 29.7 Å². The van der Waals surface area contributed by atoms with Crippen molar-refractivity contribution < 1.29 is 19.0 Å². The zero-order valence-electron chi connectivity index (χ0n) is 13.2. The number of nitrogens with zero attached hydrogens (tertiary/aromatic N) is 1. The minimum atomic E-state index is -0.490. The number of nitrogens with two attached hydrogens (primary N) is 1. The van der Waals surface area contributed by atoms with Crippen molar-refractivity contribution in [1.82, 2.24) is 4.98 Å². The topological polar surface area (TPSA) is 85.4 Å². The van der Waals surface area contributed by atoms with Gasteiger partial charge in [-0.15, -0.1) is 0 Å². The summed E-state index contributed by atoms with van der Waals surface area (Å²) in [5, 5.41) is 9.70. The quantitative estimate of drug-likeness (QED) is 0.904. The van der Waals surface area contributed by atoms with Crippen molar-refractivity contribution in [2.45, 2.75) is 19.3 Å². The number of aliphatic hydroxyl groups is 1. The Balaban J connectivity index is 2.17. The molecule has 124 valence electrons. The van der Waals surface area contributed by atoms with Gasteiger partial charge in [-0.05, 0) is 47.9 Å². The van der Waals surface area contributed by atoms with Crippen molar-refractivity contribution in [3.8, 4) is 17.0 Å². The molecule has 24 heavy (non-hydrogen) atoms.